The van der Waals surface area contributed by atoms with Crippen LogP contribution in [0.5, 0.6) is 0 Å². The summed E-state index contributed by atoms with van der Waals surface area (Å²) >= 11 is 0. The molecule has 0 radical (unpaired) electrons. The molecule has 1 atom stereocenters. The fourth-order valence-electron chi connectivity index (χ4n) is 2.58. The van der Waals surface area contributed by atoms with E-state index < -0.39 is 24.1 Å². The lowest BCUT2D eigenvalue weighted by Gasteiger charge is -2.20. The quantitative estimate of drug-likeness (QED) is 0.152. The van der Waals surface area contributed by atoms with E-state index in [0.29, 0.717) is 51.1 Å². The van der Waals surface area contributed by atoms with Gasteiger partial charge in [0.2, 0.25) is 0 Å². The third-order valence-corrected chi connectivity index (χ3v) is 4.11. The minimum absolute atomic E-state index is 0. The van der Waals surface area contributed by atoms with E-state index in [2.05, 4.69) is 4.84 Å². The summed E-state index contributed by atoms with van der Waals surface area (Å²) < 4.78 is 30.9. The van der Waals surface area contributed by atoms with E-state index in [9.17, 15) is 19.5 Å². The van der Waals surface area contributed by atoms with E-state index in [1.165, 1.54) is 0 Å². The van der Waals surface area contributed by atoms with Crippen LogP contribution in [0.25, 0.3) is 0 Å². The molecule has 1 N–H and O–H groups in total. The van der Waals surface area contributed by atoms with Crippen molar-refractivity contribution in [2.45, 2.75) is 69.9 Å². The number of carbonyl (C=O) groups excluding carboxylic acids is 3. The van der Waals surface area contributed by atoms with Gasteiger partial charge in [0.25, 0.3) is 11.8 Å². The summed E-state index contributed by atoms with van der Waals surface area (Å²) in [4.78, 5) is 38.7. The topological polar surface area (TPSA) is 139 Å². The number of carbonyl (C=O) groups is 3. The molecule has 37 heavy (non-hydrogen) atoms. The van der Waals surface area contributed by atoms with E-state index in [0.717, 1.165) is 0 Å². The molecule has 0 saturated carbocycles. The lowest BCUT2D eigenvalue weighted by molar-refractivity contribution is -0.177. The fourth-order valence-corrected chi connectivity index (χ4v) is 2.58. The van der Waals surface area contributed by atoms with Crippen molar-refractivity contribution in [3.8, 4) is 0 Å². The molecule has 0 spiro atoms. The number of aliphatic hydroxyl groups is 1. The number of hydroxylamine groups is 2. The molecule has 228 valence electrons. The first-order valence-corrected chi connectivity index (χ1v) is 10.1. The van der Waals surface area contributed by atoms with Gasteiger partial charge in [-0.25, -0.2) is 4.79 Å². The third kappa shape index (κ3) is 23.0. The van der Waals surface area contributed by atoms with Crippen molar-refractivity contribution in [1.82, 2.24) is 5.06 Å². The lowest BCUT2D eigenvalue weighted by atomic mass is 10.0. The second-order valence-corrected chi connectivity index (χ2v) is 6.74. The van der Waals surface area contributed by atoms with E-state index in [1.807, 2.05) is 0 Å². The summed E-state index contributed by atoms with van der Waals surface area (Å²) in [6.07, 6.45) is -1.54. The Morgan fingerprint density at radius 3 is 1.65 bits per heavy atom. The molecular formula is C25H57NO11. The highest BCUT2D eigenvalue weighted by molar-refractivity contribution is 6.01. The number of imide groups is 1. The molecule has 1 rings (SSSR count). The van der Waals surface area contributed by atoms with Crippen LogP contribution >= 0.6 is 0 Å². The Balaban J connectivity index is -0.000000400. The van der Waals surface area contributed by atoms with Crippen molar-refractivity contribution >= 4 is 18.0 Å². The number of aliphatic hydroxyl groups excluding tert-OH is 1. The van der Waals surface area contributed by atoms with Gasteiger partial charge in [0.15, 0.2) is 0 Å². The van der Waals surface area contributed by atoms with Gasteiger partial charge in [0, 0.05) is 33.0 Å². The van der Waals surface area contributed by atoms with Gasteiger partial charge in [-0.05, 0) is 6.42 Å². The maximum atomic E-state index is 11.5. The van der Waals surface area contributed by atoms with Crippen LogP contribution in [0.2, 0.25) is 0 Å². The maximum Gasteiger partial charge on any atom is 0.534 e. The van der Waals surface area contributed by atoms with Crippen molar-refractivity contribution < 1.29 is 52.7 Å². The first-order valence-electron chi connectivity index (χ1n) is 10.1. The second-order valence-electron chi connectivity index (χ2n) is 6.74. The average molecular weight is 548 g/mol. The zero-order valence-electron chi connectivity index (χ0n) is 18.1. The molecule has 12 heteroatoms. The molecule has 1 fully saturated rings. The number of methoxy groups -OCH3 is 2. The SMILES string of the molecule is C.C.C.C.C.C.COCCOCC(COCCOC)CC(O)COCCOC(=O)ON1C(=O)CCC1=O. The molecule has 1 aliphatic heterocycles. The van der Waals surface area contributed by atoms with Crippen molar-refractivity contribution in [1.29, 1.82) is 0 Å². The highest BCUT2D eigenvalue weighted by atomic mass is 16.8. The van der Waals surface area contributed by atoms with Crippen LogP contribution in [-0.4, -0.2) is 108 Å². The number of nitrogens with zero attached hydrogens (tertiary/aromatic N) is 1. The molecular weight excluding hydrogens is 490 g/mol. The highest BCUT2D eigenvalue weighted by Gasteiger charge is 2.33. The van der Waals surface area contributed by atoms with Crippen LogP contribution in [0.1, 0.15) is 63.8 Å². The molecule has 0 aliphatic carbocycles. The van der Waals surface area contributed by atoms with Crippen LogP contribution in [0.3, 0.4) is 0 Å². The van der Waals surface area contributed by atoms with Crippen molar-refractivity contribution in [3.63, 3.8) is 0 Å². The predicted molar refractivity (Wildman–Crippen MR) is 144 cm³/mol. The number of amides is 2. The Labute approximate surface area is 225 Å². The van der Waals surface area contributed by atoms with Crippen molar-refractivity contribution in [2.24, 2.45) is 5.92 Å². The van der Waals surface area contributed by atoms with E-state index in [4.69, 9.17) is 28.4 Å². The monoisotopic (exact) mass is 547 g/mol. The summed E-state index contributed by atoms with van der Waals surface area (Å²) in [5, 5.41) is 10.6. The molecule has 0 bridgehead atoms. The normalized spacial score (nSPS) is 12.6. The largest absolute Gasteiger partial charge is 0.534 e. The molecule has 1 heterocycles. The fraction of sp³-hybridized carbons (Fsp3) is 0.880. The molecule has 12 nitrogen and oxygen atoms in total. The number of ether oxygens (including phenoxy) is 6. The Morgan fingerprint density at radius 2 is 1.19 bits per heavy atom. The number of hydrogen-bond acceptors (Lipinski definition) is 11. The summed E-state index contributed by atoms with van der Waals surface area (Å²) in [6, 6.07) is 0. The Bertz CT molecular complexity index is 507. The Hall–Kier alpha value is -1.83. The van der Waals surface area contributed by atoms with Gasteiger partial charge < -0.3 is 33.5 Å². The second kappa shape index (κ2) is 30.4. The van der Waals surface area contributed by atoms with E-state index >= 15 is 0 Å². The minimum Gasteiger partial charge on any atom is -0.430 e. The summed E-state index contributed by atoms with van der Waals surface area (Å²) in [6.45, 7) is 2.51. The van der Waals surface area contributed by atoms with E-state index in [-0.39, 0.29) is 83.1 Å². The maximum absolute atomic E-state index is 11.5. The van der Waals surface area contributed by atoms with Crippen molar-refractivity contribution in [2.75, 3.05) is 73.7 Å². The van der Waals surface area contributed by atoms with Gasteiger partial charge in [-0.15, -0.1) is 0 Å². The van der Waals surface area contributed by atoms with Crippen LogP contribution in [0.15, 0.2) is 0 Å². The van der Waals surface area contributed by atoms with Gasteiger partial charge >= 0.3 is 6.16 Å². The smallest absolute Gasteiger partial charge is 0.430 e. The molecule has 1 saturated heterocycles. The van der Waals surface area contributed by atoms with Crippen LogP contribution in [0.4, 0.5) is 4.79 Å². The summed E-state index contributed by atoms with van der Waals surface area (Å²) in [7, 11) is 3.18. The first kappa shape index (κ1) is 48.3. The van der Waals surface area contributed by atoms with Gasteiger partial charge in [-0.2, -0.15) is 0 Å². The van der Waals surface area contributed by atoms with Gasteiger partial charge in [-0.1, -0.05) is 49.6 Å². The lowest BCUT2D eigenvalue weighted by Crippen LogP contribution is -2.32. The zero-order valence-corrected chi connectivity index (χ0v) is 18.1. The third-order valence-electron chi connectivity index (χ3n) is 4.11. The first-order chi connectivity index (χ1) is 15.0. The molecule has 0 aromatic heterocycles. The van der Waals surface area contributed by atoms with E-state index in [1.54, 1.807) is 14.2 Å². The summed E-state index contributed by atoms with van der Waals surface area (Å²) in [5.41, 5.74) is 0. The highest BCUT2D eigenvalue weighted by Crippen LogP contribution is 2.12. The molecule has 2 amide bonds. The van der Waals surface area contributed by atoms with Crippen LogP contribution in [0, 0.1) is 5.92 Å². The van der Waals surface area contributed by atoms with Crippen molar-refractivity contribution in [3.05, 3.63) is 0 Å². The van der Waals surface area contributed by atoms with Gasteiger partial charge in [0.05, 0.1) is 59.0 Å². The zero-order chi connectivity index (χ0) is 22.9. The van der Waals surface area contributed by atoms with Crippen LogP contribution in [-0.2, 0) is 42.8 Å². The summed E-state index contributed by atoms with van der Waals surface area (Å²) in [5.74, 6) is -1.23. The molecule has 1 aliphatic rings. The standard InChI is InChI=1S/C19H33NO11.6CH4/c1-25-5-7-27-12-15(13-28-8-6-26-2)11-16(21)14-29-9-10-30-19(24)31-20-17(22)3-4-18(20)23;;;;;;/h15-16,21H,3-14H2,1-2H3;6*1H4. The van der Waals surface area contributed by atoms with Gasteiger partial charge in [-0.3, -0.25) is 14.4 Å². The molecule has 0 aromatic carbocycles. The Morgan fingerprint density at radius 1 is 0.757 bits per heavy atom. The number of hydrogen-bond donors (Lipinski definition) is 1. The number of rotatable bonds is 18. The predicted octanol–water partition coefficient (Wildman–Crippen LogP) is 3.73. The van der Waals surface area contributed by atoms with Gasteiger partial charge in [0.1, 0.15) is 6.61 Å². The Kier molecular flexibility index (Phi) is 39.6. The minimum atomic E-state index is -1.17. The molecule has 1 unspecified atom stereocenters. The average Bonchev–Trinajstić information content (AvgIpc) is 3.05. The molecule has 0 aromatic rings. The van der Waals surface area contributed by atoms with Crippen LogP contribution < -0.4 is 0 Å².